The van der Waals surface area contributed by atoms with Crippen LogP contribution in [0.4, 0.5) is 0 Å². The van der Waals surface area contributed by atoms with E-state index in [-0.39, 0.29) is 0 Å². The molecule has 0 radical (unpaired) electrons. The fourth-order valence-electron chi connectivity index (χ4n) is 2.26. The molecule has 0 saturated heterocycles. The zero-order valence-corrected chi connectivity index (χ0v) is 9.40. The van der Waals surface area contributed by atoms with Gasteiger partial charge < -0.3 is 5.32 Å². The Hall–Kier alpha value is -1.61. The SMILES string of the molecule is Cc1ccn(-c2cccc3c2CNCC3)n1. The van der Waals surface area contributed by atoms with Crippen molar-refractivity contribution in [2.24, 2.45) is 0 Å². The molecule has 0 aliphatic carbocycles. The highest BCUT2D eigenvalue weighted by Crippen LogP contribution is 2.21. The fraction of sp³-hybridized carbons (Fsp3) is 0.308. The van der Waals surface area contributed by atoms with Gasteiger partial charge in [0.1, 0.15) is 0 Å². The summed E-state index contributed by atoms with van der Waals surface area (Å²) in [4.78, 5) is 0. The van der Waals surface area contributed by atoms with Gasteiger partial charge in [0.2, 0.25) is 0 Å². The summed E-state index contributed by atoms with van der Waals surface area (Å²) in [5.74, 6) is 0. The molecule has 0 fully saturated rings. The molecule has 82 valence electrons. The van der Waals surface area contributed by atoms with E-state index in [2.05, 4.69) is 28.6 Å². The van der Waals surface area contributed by atoms with Crippen LogP contribution in [0.1, 0.15) is 16.8 Å². The Balaban J connectivity index is 2.13. The van der Waals surface area contributed by atoms with Crippen molar-refractivity contribution in [1.82, 2.24) is 15.1 Å². The van der Waals surface area contributed by atoms with Gasteiger partial charge in [-0.1, -0.05) is 12.1 Å². The molecule has 1 aromatic carbocycles. The van der Waals surface area contributed by atoms with Gasteiger partial charge in [0.25, 0.3) is 0 Å². The number of fused-ring (bicyclic) bond motifs is 1. The highest BCUT2D eigenvalue weighted by molar-refractivity contribution is 5.46. The van der Waals surface area contributed by atoms with Gasteiger partial charge in [-0.3, -0.25) is 0 Å². The molecule has 2 aromatic rings. The van der Waals surface area contributed by atoms with Gasteiger partial charge in [-0.2, -0.15) is 5.10 Å². The number of rotatable bonds is 1. The summed E-state index contributed by atoms with van der Waals surface area (Å²) >= 11 is 0. The molecule has 1 N–H and O–H groups in total. The van der Waals surface area contributed by atoms with E-state index in [9.17, 15) is 0 Å². The average Bonchev–Trinajstić information content (AvgIpc) is 2.75. The van der Waals surface area contributed by atoms with Crippen molar-refractivity contribution in [3.63, 3.8) is 0 Å². The third-order valence-electron chi connectivity index (χ3n) is 3.09. The minimum atomic E-state index is 0.949. The Morgan fingerprint density at radius 3 is 3.06 bits per heavy atom. The normalized spacial score (nSPS) is 14.8. The molecule has 0 bridgehead atoms. The van der Waals surface area contributed by atoms with Crippen molar-refractivity contribution in [3.05, 3.63) is 47.3 Å². The Morgan fingerprint density at radius 2 is 2.25 bits per heavy atom. The maximum atomic E-state index is 4.48. The zero-order valence-electron chi connectivity index (χ0n) is 9.40. The van der Waals surface area contributed by atoms with Crippen LogP contribution in [-0.2, 0) is 13.0 Å². The van der Waals surface area contributed by atoms with Crippen LogP contribution in [0.5, 0.6) is 0 Å². The monoisotopic (exact) mass is 213 g/mol. The highest BCUT2D eigenvalue weighted by Gasteiger charge is 2.13. The van der Waals surface area contributed by atoms with E-state index in [0.717, 1.165) is 25.2 Å². The molecule has 0 spiro atoms. The molecule has 2 heterocycles. The largest absolute Gasteiger partial charge is 0.312 e. The first kappa shape index (κ1) is 9.60. The standard InChI is InChI=1S/C13H15N3/c1-10-6-8-16(15-10)13-4-2-3-11-5-7-14-9-12(11)13/h2-4,6,8,14H,5,7,9H2,1H3. The second-order valence-electron chi connectivity index (χ2n) is 4.24. The molecule has 3 nitrogen and oxygen atoms in total. The second-order valence-corrected chi connectivity index (χ2v) is 4.24. The summed E-state index contributed by atoms with van der Waals surface area (Å²) in [5, 5.41) is 7.89. The number of benzene rings is 1. The predicted octanol–water partition coefficient (Wildman–Crippen LogP) is 1.83. The van der Waals surface area contributed by atoms with Gasteiger partial charge in [-0.15, -0.1) is 0 Å². The van der Waals surface area contributed by atoms with E-state index in [0.29, 0.717) is 0 Å². The van der Waals surface area contributed by atoms with E-state index < -0.39 is 0 Å². The van der Waals surface area contributed by atoms with Crippen LogP contribution in [0.25, 0.3) is 5.69 Å². The number of aromatic nitrogens is 2. The lowest BCUT2D eigenvalue weighted by Gasteiger charge is -2.20. The van der Waals surface area contributed by atoms with Crippen LogP contribution in [0.15, 0.2) is 30.5 Å². The molecular formula is C13H15N3. The van der Waals surface area contributed by atoms with Crippen molar-refractivity contribution in [2.45, 2.75) is 19.9 Å². The second kappa shape index (κ2) is 3.76. The van der Waals surface area contributed by atoms with E-state index >= 15 is 0 Å². The van der Waals surface area contributed by atoms with Crippen LogP contribution in [0.2, 0.25) is 0 Å². The van der Waals surface area contributed by atoms with Gasteiger partial charge in [0, 0.05) is 12.7 Å². The fourth-order valence-corrected chi connectivity index (χ4v) is 2.26. The molecule has 1 aromatic heterocycles. The maximum absolute atomic E-state index is 4.48. The van der Waals surface area contributed by atoms with Crippen LogP contribution in [0, 0.1) is 6.92 Å². The molecule has 3 heteroatoms. The number of nitrogens with one attached hydrogen (secondary N) is 1. The summed E-state index contributed by atoms with van der Waals surface area (Å²) in [6, 6.07) is 8.51. The third-order valence-corrected chi connectivity index (χ3v) is 3.09. The average molecular weight is 213 g/mol. The van der Waals surface area contributed by atoms with Crippen molar-refractivity contribution in [3.8, 4) is 5.69 Å². The van der Waals surface area contributed by atoms with Crippen LogP contribution >= 0.6 is 0 Å². The van der Waals surface area contributed by atoms with Gasteiger partial charge in [-0.05, 0) is 43.1 Å². The number of hydrogen-bond donors (Lipinski definition) is 1. The Kier molecular flexibility index (Phi) is 2.26. The molecule has 0 amide bonds. The summed E-state index contributed by atoms with van der Waals surface area (Å²) < 4.78 is 1.97. The van der Waals surface area contributed by atoms with Gasteiger partial charge >= 0.3 is 0 Å². The first-order valence-electron chi connectivity index (χ1n) is 5.69. The van der Waals surface area contributed by atoms with E-state index in [1.54, 1.807) is 0 Å². The van der Waals surface area contributed by atoms with E-state index in [1.165, 1.54) is 16.8 Å². The van der Waals surface area contributed by atoms with Crippen LogP contribution in [-0.4, -0.2) is 16.3 Å². The van der Waals surface area contributed by atoms with Gasteiger partial charge in [-0.25, -0.2) is 4.68 Å². The zero-order chi connectivity index (χ0) is 11.0. The summed E-state index contributed by atoms with van der Waals surface area (Å²) in [6.07, 6.45) is 3.14. The first-order valence-corrected chi connectivity index (χ1v) is 5.69. The Morgan fingerprint density at radius 1 is 1.31 bits per heavy atom. The van der Waals surface area contributed by atoms with Crippen LogP contribution in [0.3, 0.4) is 0 Å². The first-order chi connectivity index (χ1) is 7.84. The molecule has 0 atom stereocenters. The third kappa shape index (κ3) is 1.53. The topological polar surface area (TPSA) is 29.9 Å². The minimum absolute atomic E-state index is 0.949. The molecule has 3 rings (SSSR count). The van der Waals surface area contributed by atoms with Gasteiger partial charge in [0.15, 0.2) is 0 Å². The summed E-state index contributed by atoms with van der Waals surface area (Å²) in [6.45, 7) is 4.04. The smallest absolute Gasteiger partial charge is 0.0693 e. The van der Waals surface area contributed by atoms with Crippen molar-refractivity contribution >= 4 is 0 Å². The lowest BCUT2D eigenvalue weighted by atomic mass is 9.99. The highest BCUT2D eigenvalue weighted by atomic mass is 15.3. The van der Waals surface area contributed by atoms with Crippen LogP contribution < -0.4 is 5.32 Å². The van der Waals surface area contributed by atoms with E-state index in [1.807, 2.05) is 23.9 Å². The maximum Gasteiger partial charge on any atom is 0.0693 e. The van der Waals surface area contributed by atoms with Gasteiger partial charge in [0.05, 0.1) is 11.4 Å². The summed E-state index contributed by atoms with van der Waals surface area (Å²) in [7, 11) is 0. The number of nitrogens with zero attached hydrogens (tertiary/aromatic N) is 2. The molecule has 1 aliphatic rings. The molecule has 0 unspecified atom stereocenters. The molecular weight excluding hydrogens is 198 g/mol. The van der Waals surface area contributed by atoms with Crippen molar-refractivity contribution < 1.29 is 0 Å². The molecule has 1 aliphatic heterocycles. The Labute approximate surface area is 95.1 Å². The number of aryl methyl sites for hydroxylation is 1. The Bertz CT molecular complexity index is 514. The van der Waals surface area contributed by atoms with Crippen molar-refractivity contribution in [1.29, 1.82) is 0 Å². The number of hydrogen-bond acceptors (Lipinski definition) is 2. The minimum Gasteiger partial charge on any atom is -0.312 e. The van der Waals surface area contributed by atoms with E-state index in [4.69, 9.17) is 0 Å². The van der Waals surface area contributed by atoms with Crippen molar-refractivity contribution in [2.75, 3.05) is 6.54 Å². The molecule has 16 heavy (non-hydrogen) atoms. The lowest BCUT2D eigenvalue weighted by molar-refractivity contribution is 0.637. The quantitative estimate of drug-likeness (QED) is 0.783. The molecule has 0 saturated carbocycles. The lowest BCUT2D eigenvalue weighted by Crippen LogP contribution is -2.25. The summed E-state index contributed by atoms with van der Waals surface area (Å²) in [5.41, 5.74) is 5.10. The predicted molar refractivity (Wildman–Crippen MR) is 63.7 cm³/mol.